The van der Waals surface area contributed by atoms with E-state index in [9.17, 15) is 9.90 Å². The second-order valence-corrected chi connectivity index (χ2v) is 5.73. The molecule has 0 bridgehead atoms. The van der Waals surface area contributed by atoms with Gasteiger partial charge in [0.1, 0.15) is 6.54 Å². The summed E-state index contributed by atoms with van der Waals surface area (Å²) in [5.74, 6) is 0.334. The van der Waals surface area contributed by atoms with Crippen LogP contribution < -0.4 is 0 Å². The molecular weight excluding hydrogens is 282 g/mol. The number of aromatic nitrogens is 4. The van der Waals surface area contributed by atoms with E-state index >= 15 is 0 Å². The van der Waals surface area contributed by atoms with Gasteiger partial charge in [0.05, 0.1) is 5.60 Å². The fourth-order valence-corrected chi connectivity index (χ4v) is 2.08. The van der Waals surface area contributed by atoms with Crippen molar-refractivity contribution in [3.63, 3.8) is 0 Å². The molecule has 0 aliphatic heterocycles. The zero-order chi connectivity index (χ0) is 16.2. The van der Waals surface area contributed by atoms with Crippen LogP contribution in [0.3, 0.4) is 0 Å². The zero-order valence-corrected chi connectivity index (χ0v) is 13.1. The maximum atomic E-state index is 12.3. The molecule has 1 amide bonds. The summed E-state index contributed by atoms with van der Waals surface area (Å²) in [6.45, 7) is 6.00. The molecule has 0 radical (unpaired) electrons. The van der Waals surface area contributed by atoms with Crippen molar-refractivity contribution in [2.45, 2.75) is 32.9 Å². The summed E-state index contributed by atoms with van der Waals surface area (Å²) < 4.78 is 0. The molecule has 0 saturated carbocycles. The molecule has 1 aromatic carbocycles. The Kier molecular flexibility index (Phi) is 4.87. The van der Waals surface area contributed by atoms with E-state index in [1.165, 1.54) is 4.80 Å². The average molecular weight is 303 g/mol. The monoisotopic (exact) mass is 303 g/mol. The molecule has 0 aliphatic rings. The fraction of sp³-hybridized carbons (Fsp3) is 0.467. The molecule has 22 heavy (non-hydrogen) atoms. The van der Waals surface area contributed by atoms with E-state index in [2.05, 4.69) is 15.4 Å². The summed E-state index contributed by atoms with van der Waals surface area (Å²) in [5, 5.41) is 21.9. The first kappa shape index (κ1) is 16.1. The lowest BCUT2D eigenvalue weighted by atomic mass is 10.1. The van der Waals surface area contributed by atoms with Crippen molar-refractivity contribution in [2.75, 3.05) is 13.1 Å². The highest BCUT2D eigenvalue weighted by Gasteiger charge is 2.22. The zero-order valence-electron chi connectivity index (χ0n) is 13.1. The molecule has 0 saturated heterocycles. The first-order valence-electron chi connectivity index (χ1n) is 7.22. The minimum absolute atomic E-state index is 0.00372. The van der Waals surface area contributed by atoms with Crippen molar-refractivity contribution in [3.8, 4) is 11.4 Å². The molecule has 1 heterocycles. The normalized spacial score (nSPS) is 11.5. The van der Waals surface area contributed by atoms with Gasteiger partial charge in [-0.15, -0.1) is 10.2 Å². The van der Waals surface area contributed by atoms with Crippen LogP contribution in [0.5, 0.6) is 0 Å². The van der Waals surface area contributed by atoms with Gasteiger partial charge in [0.2, 0.25) is 11.7 Å². The lowest BCUT2D eigenvalue weighted by molar-refractivity contribution is -0.135. The average Bonchev–Trinajstić information content (AvgIpc) is 2.93. The number of likely N-dealkylation sites (N-methyl/N-ethyl adjacent to an activating group) is 1. The molecule has 2 aromatic rings. The number of carbonyl (C=O) groups excluding carboxylic acids is 1. The molecule has 0 spiro atoms. The van der Waals surface area contributed by atoms with Crippen molar-refractivity contribution < 1.29 is 9.90 Å². The quantitative estimate of drug-likeness (QED) is 0.859. The molecule has 0 atom stereocenters. The minimum Gasteiger partial charge on any atom is -0.389 e. The number of tetrazole rings is 1. The Balaban J connectivity index is 2.04. The lowest BCUT2D eigenvalue weighted by Gasteiger charge is -2.27. The van der Waals surface area contributed by atoms with Crippen LogP contribution in [0, 0.1) is 0 Å². The summed E-state index contributed by atoms with van der Waals surface area (Å²) >= 11 is 0. The minimum atomic E-state index is -0.934. The van der Waals surface area contributed by atoms with Crippen LogP contribution in [0.25, 0.3) is 11.4 Å². The van der Waals surface area contributed by atoms with Gasteiger partial charge in [-0.25, -0.2) is 0 Å². The molecular formula is C15H21N5O2. The Morgan fingerprint density at radius 3 is 2.59 bits per heavy atom. The van der Waals surface area contributed by atoms with E-state index in [0.717, 1.165) is 5.56 Å². The topological polar surface area (TPSA) is 84.1 Å². The molecule has 0 fully saturated rings. The summed E-state index contributed by atoms with van der Waals surface area (Å²) in [5.41, 5.74) is -0.0820. The number of amides is 1. The number of nitrogens with zero attached hydrogens (tertiary/aromatic N) is 5. The molecule has 0 unspecified atom stereocenters. The van der Waals surface area contributed by atoms with Crippen molar-refractivity contribution in [3.05, 3.63) is 30.3 Å². The molecule has 2 rings (SSSR count). The standard InChI is InChI=1S/C15H21N5O2/c1-4-19(11-15(2,3)22)13(21)10-20-17-14(16-18-20)12-8-6-5-7-9-12/h5-9,22H,4,10-11H2,1-3H3. The van der Waals surface area contributed by atoms with Crippen LogP contribution in [0.1, 0.15) is 20.8 Å². The highest BCUT2D eigenvalue weighted by Crippen LogP contribution is 2.12. The van der Waals surface area contributed by atoms with E-state index in [4.69, 9.17) is 0 Å². The third-order valence-electron chi connectivity index (χ3n) is 3.07. The first-order chi connectivity index (χ1) is 10.4. The Morgan fingerprint density at radius 2 is 2.00 bits per heavy atom. The van der Waals surface area contributed by atoms with Crippen molar-refractivity contribution >= 4 is 5.91 Å². The number of benzene rings is 1. The van der Waals surface area contributed by atoms with Gasteiger partial charge in [-0.1, -0.05) is 30.3 Å². The van der Waals surface area contributed by atoms with Crippen LogP contribution in [0.4, 0.5) is 0 Å². The van der Waals surface area contributed by atoms with Gasteiger partial charge >= 0.3 is 0 Å². The van der Waals surface area contributed by atoms with Crippen molar-refractivity contribution in [2.24, 2.45) is 0 Å². The van der Waals surface area contributed by atoms with Gasteiger partial charge in [-0.05, 0) is 26.0 Å². The van der Waals surface area contributed by atoms with Gasteiger partial charge < -0.3 is 10.0 Å². The van der Waals surface area contributed by atoms with Gasteiger partial charge in [-0.2, -0.15) is 4.80 Å². The number of carbonyl (C=O) groups is 1. The summed E-state index contributed by atoms with van der Waals surface area (Å²) in [6, 6.07) is 9.46. The second-order valence-electron chi connectivity index (χ2n) is 5.73. The summed E-state index contributed by atoms with van der Waals surface area (Å²) in [6.07, 6.45) is 0. The lowest BCUT2D eigenvalue weighted by Crippen LogP contribution is -2.43. The molecule has 0 aliphatic carbocycles. The molecule has 118 valence electrons. The number of hydrogen-bond acceptors (Lipinski definition) is 5. The summed E-state index contributed by atoms with van der Waals surface area (Å²) in [4.78, 5) is 15.1. The molecule has 1 N–H and O–H groups in total. The van der Waals surface area contributed by atoms with Gasteiger partial charge in [0.25, 0.3) is 0 Å². The Hall–Kier alpha value is -2.28. The first-order valence-corrected chi connectivity index (χ1v) is 7.22. The largest absolute Gasteiger partial charge is 0.389 e. The summed E-state index contributed by atoms with van der Waals surface area (Å²) in [7, 11) is 0. The second kappa shape index (κ2) is 6.65. The van der Waals surface area contributed by atoms with E-state index in [1.54, 1.807) is 18.7 Å². The van der Waals surface area contributed by atoms with Crippen LogP contribution in [-0.2, 0) is 11.3 Å². The third-order valence-corrected chi connectivity index (χ3v) is 3.07. The van der Waals surface area contributed by atoms with Gasteiger partial charge in [-0.3, -0.25) is 4.79 Å². The fourth-order valence-electron chi connectivity index (χ4n) is 2.08. The van der Waals surface area contributed by atoms with E-state index in [-0.39, 0.29) is 19.0 Å². The van der Waals surface area contributed by atoms with Crippen LogP contribution in [0.2, 0.25) is 0 Å². The highest BCUT2D eigenvalue weighted by atomic mass is 16.3. The molecule has 7 nitrogen and oxygen atoms in total. The van der Waals surface area contributed by atoms with Crippen molar-refractivity contribution in [1.82, 2.24) is 25.1 Å². The Labute approximate surface area is 129 Å². The number of aliphatic hydroxyl groups is 1. The predicted octanol–water partition coefficient (Wildman–Crippen LogP) is 0.959. The van der Waals surface area contributed by atoms with Crippen LogP contribution in [-0.4, -0.2) is 54.8 Å². The molecule has 7 heteroatoms. The highest BCUT2D eigenvalue weighted by molar-refractivity contribution is 5.75. The van der Waals surface area contributed by atoms with E-state index in [1.807, 2.05) is 37.3 Å². The van der Waals surface area contributed by atoms with E-state index < -0.39 is 5.60 Å². The van der Waals surface area contributed by atoms with Gasteiger partial charge in [0, 0.05) is 18.7 Å². The van der Waals surface area contributed by atoms with E-state index in [0.29, 0.717) is 12.4 Å². The smallest absolute Gasteiger partial charge is 0.246 e. The van der Waals surface area contributed by atoms with Gasteiger partial charge in [0.15, 0.2) is 0 Å². The maximum absolute atomic E-state index is 12.3. The SMILES string of the molecule is CCN(CC(C)(C)O)C(=O)Cn1nnc(-c2ccccc2)n1. The Morgan fingerprint density at radius 1 is 1.32 bits per heavy atom. The van der Waals surface area contributed by atoms with Crippen LogP contribution >= 0.6 is 0 Å². The Bertz CT molecular complexity index is 618. The third kappa shape index (κ3) is 4.36. The van der Waals surface area contributed by atoms with Crippen molar-refractivity contribution in [1.29, 1.82) is 0 Å². The predicted molar refractivity (Wildman–Crippen MR) is 81.8 cm³/mol. The van der Waals surface area contributed by atoms with Crippen LogP contribution in [0.15, 0.2) is 30.3 Å². The maximum Gasteiger partial charge on any atom is 0.246 e. The number of hydrogen-bond donors (Lipinski definition) is 1. The number of rotatable bonds is 6. The molecule has 1 aromatic heterocycles.